The number of nitrogens with two attached hydrogens (primary N) is 1. The maximum atomic E-state index is 13.5. The molecule has 0 unspecified atom stereocenters. The lowest BCUT2D eigenvalue weighted by Crippen LogP contribution is -2.09. The van der Waals surface area contributed by atoms with Crippen molar-refractivity contribution in [1.82, 2.24) is 20.2 Å². The van der Waals surface area contributed by atoms with Crippen LogP contribution in [0, 0.1) is 5.82 Å². The second-order valence-electron chi connectivity index (χ2n) is 2.81. The van der Waals surface area contributed by atoms with Crippen molar-refractivity contribution in [1.29, 1.82) is 0 Å². The summed E-state index contributed by atoms with van der Waals surface area (Å²) < 4.78 is 14.7. The summed E-state index contributed by atoms with van der Waals surface area (Å²) in [7, 11) is 0. The summed E-state index contributed by atoms with van der Waals surface area (Å²) in [6.45, 7) is 0.134. The Hall–Kier alpha value is -1.53. The van der Waals surface area contributed by atoms with Crippen LogP contribution in [0.2, 0.25) is 5.02 Å². The molecule has 1 heterocycles. The minimum Gasteiger partial charge on any atom is -0.324 e. The van der Waals surface area contributed by atoms with Crippen molar-refractivity contribution in [3.05, 3.63) is 34.9 Å². The van der Waals surface area contributed by atoms with Crippen LogP contribution in [-0.2, 0) is 6.54 Å². The summed E-state index contributed by atoms with van der Waals surface area (Å²) >= 11 is 5.63. The lowest BCUT2D eigenvalue weighted by molar-refractivity contribution is 0.602. The van der Waals surface area contributed by atoms with Crippen molar-refractivity contribution in [2.45, 2.75) is 6.54 Å². The Kier molecular flexibility index (Phi) is 2.61. The highest BCUT2D eigenvalue weighted by Crippen LogP contribution is 2.17. The number of hydrogen-bond acceptors (Lipinski definition) is 4. The topological polar surface area (TPSA) is 69.6 Å². The number of halogens is 2. The van der Waals surface area contributed by atoms with E-state index in [4.69, 9.17) is 17.3 Å². The monoisotopic (exact) mass is 227 g/mol. The number of nitrogens with zero attached hydrogens (tertiary/aromatic N) is 4. The first-order valence-electron chi connectivity index (χ1n) is 4.15. The Bertz CT molecular complexity index is 484. The third-order valence-electron chi connectivity index (χ3n) is 1.85. The normalized spacial score (nSPS) is 10.6. The van der Waals surface area contributed by atoms with Gasteiger partial charge in [0.2, 0.25) is 0 Å². The minimum atomic E-state index is -0.496. The molecular weight excluding hydrogens is 221 g/mol. The minimum absolute atomic E-state index is 0.134. The molecule has 2 N–H and O–H groups in total. The first kappa shape index (κ1) is 10.0. The molecule has 0 aliphatic rings. The molecule has 0 fully saturated rings. The van der Waals surface area contributed by atoms with Crippen LogP contribution < -0.4 is 5.73 Å². The summed E-state index contributed by atoms with van der Waals surface area (Å²) in [6.07, 6.45) is 0. The number of rotatable bonds is 2. The van der Waals surface area contributed by atoms with E-state index in [-0.39, 0.29) is 12.2 Å². The van der Waals surface area contributed by atoms with Crippen LogP contribution in [0.15, 0.2) is 18.2 Å². The molecule has 0 radical (unpaired) electrons. The van der Waals surface area contributed by atoms with Crippen molar-refractivity contribution < 1.29 is 4.39 Å². The van der Waals surface area contributed by atoms with E-state index in [2.05, 4.69) is 15.5 Å². The van der Waals surface area contributed by atoms with Crippen LogP contribution in [0.1, 0.15) is 5.82 Å². The van der Waals surface area contributed by atoms with Crippen molar-refractivity contribution in [2.75, 3.05) is 0 Å². The maximum absolute atomic E-state index is 13.5. The molecule has 0 bridgehead atoms. The molecule has 15 heavy (non-hydrogen) atoms. The molecule has 0 aliphatic carbocycles. The van der Waals surface area contributed by atoms with Gasteiger partial charge in [0.1, 0.15) is 11.5 Å². The molecule has 1 aromatic heterocycles. The lowest BCUT2D eigenvalue weighted by Gasteiger charge is -2.04. The van der Waals surface area contributed by atoms with Crippen LogP contribution in [-0.4, -0.2) is 20.2 Å². The van der Waals surface area contributed by atoms with E-state index >= 15 is 0 Å². The van der Waals surface area contributed by atoms with Gasteiger partial charge in [-0.15, -0.1) is 5.10 Å². The number of tetrazole rings is 1. The van der Waals surface area contributed by atoms with Crippen LogP contribution in [0.5, 0.6) is 0 Å². The highest BCUT2D eigenvalue weighted by Gasteiger charge is 2.10. The van der Waals surface area contributed by atoms with Gasteiger partial charge in [-0.05, 0) is 28.6 Å². The molecule has 0 amide bonds. The zero-order valence-corrected chi connectivity index (χ0v) is 8.32. The first-order valence-corrected chi connectivity index (χ1v) is 4.53. The fourth-order valence-corrected chi connectivity index (χ4v) is 1.33. The molecule has 0 saturated carbocycles. The fourth-order valence-electron chi connectivity index (χ4n) is 1.17. The molecule has 78 valence electrons. The SMILES string of the molecule is NCc1nnnn1-c1ccc(Cl)cc1F. The molecule has 2 rings (SSSR count). The van der Waals surface area contributed by atoms with Crippen molar-refractivity contribution in [2.24, 2.45) is 5.73 Å². The Morgan fingerprint density at radius 1 is 1.47 bits per heavy atom. The summed E-state index contributed by atoms with van der Waals surface area (Å²) in [5, 5.41) is 11.0. The Labute approximate surface area is 89.6 Å². The van der Waals surface area contributed by atoms with Crippen LogP contribution in [0.25, 0.3) is 5.69 Å². The van der Waals surface area contributed by atoms with E-state index in [1.54, 1.807) is 6.07 Å². The molecular formula is C8H7ClFN5. The van der Waals surface area contributed by atoms with Gasteiger partial charge in [-0.2, -0.15) is 4.68 Å². The molecule has 0 atom stereocenters. The third kappa shape index (κ3) is 1.81. The van der Waals surface area contributed by atoms with Gasteiger partial charge in [-0.25, -0.2) is 4.39 Å². The predicted octanol–water partition coefficient (Wildman–Crippen LogP) is 0.914. The molecule has 0 saturated heterocycles. The summed E-state index contributed by atoms with van der Waals surface area (Å²) in [5.41, 5.74) is 5.63. The maximum Gasteiger partial charge on any atom is 0.170 e. The van der Waals surface area contributed by atoms with Crippen LogP contribution in [0.4, 0.5) is 4.39 Å². The van der Waals surface area contributed by atoms with Gasteiger partial charge in [-0.3, -0.25) is 0 Å². The molecule has 5 nitrogen and oxygen atoms in total. The van der Waals surface area contributed by atoms with Gasteiger partial charge in [0.25, 0.3) is 0 Å². The van der Waals surface area contributed by atoms with Gasteiger partial charge in [0.05, 0.1) is 6.54 Å². The second-order valence-corrected chi connectivity index (χ2v) is 3.24. The number of aromatic nitrogens is 4. The molecule has 7 heteroatoms. The summed E-state index contributed by atoms with van der Waals surface area (Å²) in [5.74, 6) is -0.110. The second kappa shape index (κ2) is 3.92. The van der Waals surface area contributed by atoms with E-state index in [0.29, 0.717) is 10.8 Å². The lowest BCUT2D eigenvalue weighted by atomic mass is 10.3. The van der Waals surface area contributed by atoms with E-state index in [1.807, 2.05) is 0 Å². The largest absolute Gasteiger partial charge is 0.324 e. The van der Waals surface area contributed by atoms with Gasteiger partial charge < -0.3 is 5.73 Å². The average Bonchev–Trinajstić information content (AvgIpc) is 2.65. The fraction of sp³-hybridized carbons (Fsp3) is 0.125. The standard InChI is InChI=1S/C8H7ClFN5/c9-5-1-2-7(6(10)3-5)15-8(4-11)12-13-14-15/h1-3H,4,11H2. The first-order chi connectivity index (χ1) is 7.22. The van der Waals surface area contributed by atoms with E-state index in [0.717, 1.165) is 0 Å². The van der Waals surface area contributed by atoms with Gasteiger partial charge in [-0.1, -0.05) is 11.6 Å². The van der Waals surface area contributed by atoms with Crippen molar-refractivity contribution in [3.8, 4) is 5.69 Å². The smallest absolute Gasteiger partial charge is 0.170 e. The van der Waals surface area contributed by atoms with Gasteiger partial charge in [0, 0.05) is 5.02 Å². The van der Waals surface area contributed by atoms with Gasteiger partial charge in [0.15, 0.2) is 5.82 Å². The summed E-state index contributed by atoms with van der Waals surface area (Å²) in [4.78, 5) is 0. The molecule has 0 spiro atoms. The number of hydrogen-bond donors (Lipinski definition) is 1. The quantitative estimate of drug-likeness (QED) is 0.828. The van der Waals surface area contributed by atoms with Crippen molar-refractivity contribution >= 4 is 11.6 Å². The van der Waals surface area contributed by atoms with Crippen molar-refractivity contribution in [3.63, 3.8) is 0 Å². The zero-order chi connectivity index (χ0) is 10.8. The van der Waals surface area contributed by atoms with E-state index < -0.39 is 5.82 Å². The zero-order valence-electron chi connectivity index (χ0n) is 7.56. The molecule has 2 aromatic rings. The third-order valence-corrected chi connectivity index (χ3v) is 2.09. The number of benzene rings is 1. The molecule has 1 aromatic carbocycles. The Morgan fingerprint density at radius 3 is 2.93 bits per heavy atom. The Balaban J connectivity index is 2.54. The predicted molar refractivity (Wildman–Crippen MR) is 52.0 cm³/mol. The Morgan fingerprint density at radius 2 is 2.27 bits per heavy atom. The average molecular weight is 228 g/mol. The van der Waals surface area contributed by atoms with Crippen LogP contribution >= 0.6 is 11.6 Å². The molecule has 0 aliphatic heterocycles. The van der Waals surface area contributed by atoms with E-state index in [1.165, 1.54) is 16.8 Å². The van der Waals surface area contributed by atoms with E-state index in [9.17, 15) is 4.39 Å². The van der Waals surface area contributed by atoms with Gasteiger partial charge >= 0.3 is 0 Å². The van der Waals surface area contributed by atoms with Crippen LogP contribution in [0.3, 0.4) is 0 Å². The summed E-state index contributed by atoms with van der Waals surface area (Å²) in [6, 6.07) is 4.24. The highest BCUT2D eigenvalue weighted by molar-refractivity contribution is 6.30. The highest BCUT2D eigenvalue weighted by atomic mass is 35.5.